The van der Waals surface area contributed by atoms with Gasteiger partial charge in [0, 0.05) is 11.2 Å². The molecule has 1 heteroatoms. The van der Waals surface area contributed by atoms with Crippen LogP contribution in [0.25, 0.3) is 0 Å². The second-order valence-corrected chi connectivity index (χ2v) is 10.6. The van der Waals surface area contributed by atoms with Crippen molar-refractivity contribution >= 4 is 12.6 Å². The fraction of sp³-hybridized carbons (Fsp3) is 0.538. The van der Waals surface area contributed by atoms with Crippen molar-refractivity contribution in [3.05, 3.63) is 69.8 Å². The van der Waals surface area contributed by atoms with E-state index >= 15 is 0 Å². The fourth-order valence-corrected chi connectivity index (χ4v) is 5.62. The first kappa shape index (κ1) is 19.1. The number of benzene rings is 2. The summed E-state index contributed by atoms with van der Waals surface area (Å²) in [6, 6.07) is 14.4. The number of rotatable bonds is 3. The Morgan fingerprint density at radius 1 is 0.778 bits per heavy atom. The van der Waals surface area contributed by atoms with Gasteiger partial charge in [0.15, 0.2) is 0 Å². The summed E-state index contributed by atoms with van der Waals surface area (Å²) in [5.41, 5.74) is 9.82. The Morgan fingerprint density at radius 2 is 1.33 bits per heavy atom. The molecule has 0 heterocycles. The summed E-state index contributed by atoms with van der Waals surface area (Å²) in [6.07, 6.45) is 6.44. The zero-order chi connectivity index (χ0) is 19.4. The first-order valence-corrected chi connectivity index (χ1v) is 11.2. The van der Waals surface area contributed by atoms with E-state index in [9.17, 15) is 0 Å². The van der Waals surface area contributed by atoms with E-state index in [4.69, 9.17) is 0 Å². The van der Waals surface area contributed by atoms with Crippen molar-refractivity contribution in [2.45, 2.75) is 88.7 Å². The molecule has 0 unspecified atom stereocenters. The van der Waals surface area contributed by atoms with E-state index in [2.05, 4.69) is 83.6 Å². The maximum atomic E-state index is 4.43. The van der Waals surface area contributed by atoms with Crippen LogP contribution in [0.3, 0.4) is 0 Å². The van der Waals surface area contributed by atoms with Gasteiger partial charge >= 0.3 is 0 Å². The third kappa shape index (κ3) is 2.97. The van der Waals surface area contributed by atoms with Crippen LogP contribution in [0.1, 0.15) is 93.2 Å². The lowest BCUT2D eigenvalue weighted by atomic mass is 9.57. The van der Waals surface area contributed by atoms with Crippen LogP contribution >= 0.6 is 12.6 Å². The van der Waals surface area contributed by atoms with Gasteiger partial charge in [-0.1, -0.05) is 70.5 Å². The van der Waals surface area contributed by atoms with Gasteiger partial charge in [-0.05, 0) is 76.8 Å². The molecule has 0 atom stereocenters. The van der Waals surface area contributed by atoms with Crippen molar-refractivity contribution in [1.29, 1.82) is 0 Å². The number of hydrogen-bond acceptors (Lipinski definition) is 1. The summed E-state index contributed by atoms with van der Waals surface area (Å²) in [6.45, 7) is 12.1. The SMILES string of the molecule is Cc1cc2c(cc1C1(c3ccc(CS)cc3)CCC1)C(C)(C)CCC2(C)C. The minimum absolute atomic E-state index is 0.214. The molecule has 2 aromatic rings. The van der Waals surface area contributed by atoms with Crippen LogP contribution in [0, 0.1) is 6.92 Å². The van der Waals surface area contributed by atoms with Gasteiger partial charge in [-0.2, -0.15) is 12.6 Å². The highest BCUT2D eigenvalue weighted by Crippen LogP contribution is 2.53. The zero-order valence-corrected chi connectivity index (χ0v) is 18.5. The molecule has 0 radical (unpaired) electrons. The van der Waals surface area contributed by atoms with Crippen LogP contribution in [-0.4, -0.2) is 0 Å². The minimum Gasteiger partial charge on any atom is -0.175 e. The molecule has 0 saturated heterocycles. The summed E-state index contributed by atoms with van der Waals surface area (Å²) >= 11 is 4.43. The maximum absolute atomic E-state index is 4.43. The van der Waals surface area contributed by atoms with Crippen LogP contribution < -0.4 is 0 Å². The van der Waals surface area contributed by atoms with E-state index in [1.54, 1.807) is 16.7 Å². The standard InChI is InChI=1S/C26H34S/c1-18-15-22-23(25(4,5)14-13-24(22,2)3)16-21(18)26(11-6-12-26)20-9-7-19(17-27)8-10-20/h7-10,15-16,27H,6,11-14,17H2,1-5H3. The second-order valence-electron chi connectivity index (χ2n) is 10.3. The third-order valence-corrected chi connectivity index (χ3v) is 7.97. The molecule has 1 fully saturated rings. The van der Waals surface area contributed by atoms with Crippen LogP contribution in [0.4, 0.5) is 0 Å². The molecule has 0 nitrogen and oxygen atoms in total. The van der Waals surface area contributed by atoms with Gasteiger partial charge in [0.05, 0.1) is 0 Å². The zero-order valence-electron chi connectivity index (χ0n) is 17.7. The molecule has 0 bridgehead atoms. The molecule has 2 aromatic carbocycles. The van der Waals surface area contributed by atoms with Gasteiger partial charge in [0.1, 0.15) is 0 Å². The van der Waals surface area contributed by atoms with Gasteiger partial charge in [0.25, 0.3) is 0 Å². The predicted molar refractivity (Wildman–Crippen MR) is 120 cm³/mol. The molecule has 2 aliphatic rings. The lowest BCUT2D eigenvalue weighted by molar-refractivity contribution is 0.295. The van der Waals surface area contributed by atoms with E-state index in [1.807, 2.05) is 0 Å². The normalized spacial score (nSPS) is 22.0. The van der Waals surface area contributed by atoms with Crippen molar-refractivity contribution in [3.8, 4) is 0 Å². The largest absolute Gasteiger partial charge is 0.175 e. The summed E-state index contributed by atoms with van der Waals surface area (Å²) in [4.78, 5) is 0. The number of hydrogen-bond donors (Lipinski definition) is 1. The topological polar surface area (TPSA) is 0 Å². The molecule has 0 amide bonds. The Balaban J connectivity index is 1.88. The molecule has 0 spiro atoms. The molecular formula is C26H34S. The lowest BCUT2D eigenvalue weighted by Crippen LogP contribution is -2.39. The molecule has 0 N–H and O–H groups in total. The van der Waals surface area contributed by atoms with E-state index < -0.39 is 0 Å². The molecule has 4 rings (SSSR count). The van der Waals surface area contributed by atoms with Crippen LogP contribution in [0.2, 0.25) is 0 Å². The number of fused-ring (bicyclic) bond motifs is 1. The van der Waals surface area contributed by atoms with Gasteiger partial charge in [-0.25, -0.2) is 0 Å². The van der Waals surface area contributed by atoms with Crippen molar-refractivity contribution < 1.29 is 0 Å². The van der Waals surface area contributed by atoms with Gasteiger partial charge in [-0.15, -0.1) is 0 Å². The molecule has 2 aliphatic carbocycles. The second kappa shape index (κ2) is 6.41. The highest BCUT2D eigenvalue weighted by molar-refractivity contribution is 7.79. The molecule has 1 saturated carbocycles. The van der Waals surface area contributed by atoms with E-state index in [0.717, 1.165) is 5.75 Å². The Morgan fingerprint density at radius 3 is 1.81 bits per heavy atom. The van der Waals surface area contributed by atoms with E-state index in [0.29, 0.717) is 0 Å². The highest BCUT2D eigenvalue weighted by atomic mass is 32.1. The molecule has 144 valence electrons. The van der Waals surface area contributed by atoms with Crippen molar-refractivity contribution in [1.82, 2.24) is 0 Å². The Labute approximate surface area is 171 Å². The average molecular weight is 379 g/mol. The molecule has 27 heavy (non-hydrogen) atoms. The van der Waals surface area contributed by atoms with Crippen molar-refractivity contribution in [2.24, 2.45) is 0 Å². The first-order chi connectivity index (χ1) is 12.7. The van der Waals surface area contributed by atoms with Crippen LogP contribution in [0.15, 0.2) is 36.4 Å². The molecule has 0 aromatic heterocycles. The molecular weight excluding hydrogens is 344 g/mol. The lowest BCUT2D eigenvalue weighted by Gasteiger charge is -2.47. The monoisotopic (exact) mass is 378 g/mol. The quantitative estimate of drug-likeness (QED) is 0.534. The smallest absolute Gasteiger partial charge is 0.0205 e. The third-order valence-electron chi connectivity index (χ3n) is 7.61. The van der Waals surface area contributed by atoms with Gasteiger partial charge in [-0.3, -0.25) is 0 Å². The van der Waals surface area contributed by atoms with Crippen molar-refractivity contribution in [2.75, 3.05) is 0 Å². The number of thiol groups is 1. The van der Waals surface area contributed by atoms with E-state index in [1.165, 1.54) is 48.8 Å². The maximum Gasteiger partial charge on any atom is 0.0205 e. The Kier molecular flexibility index (Phi) is 4.54. The minimum atomic E-state index is 0.214. The van der Waals surface area contributed by atoms with Gasteiger partial charge < -0.3 is 0 Å². The average Bonchev–Trinajstić information content (AvgIpc) is 2.60. The Hall–Kier alpha value is -1.21. The summed E-state index contributed by atoms with van der Waals surface area (Å²) < 4.78 is 0. The summed E-state index contributed by atoms with van der Waals surface area (Å²) in [5, 5.41) is 0. The molecule has 0 aliphatic heterocycles. The summed E-state index contributed by atoms with van der Waals surface area (Å²) in [5.74, 6) is 0.814. The Bertz CT molecular complexity index is 851. The first-order valence-electron chi connectivity index (χ1n) is 10.6. The van der Waals surface area contributed by atoms with Gasteiger partial charge in [0.2, 0.25) is 0 Å². The fourth-order valence-electron chi connectivity index (χ4n) is 5.41. The number of aryl methyl sites for hydroxylation is 1. The highest BCUT2D eigenvalue weighted by Gasteiger charge is 2.44. The predicted octanol–water partition coefficient (Wildman–Crippen LogP) is 7.24. The summed E-state index contributed by atoms with van der Waals surface area (Å²) in [7, 11) is 0. The van der Waals surface area contributed by atoms with E-state index in [-0.39, 0.29) is 16.2 Å². The van der Waals surface area contributed by atoms with Crippen LogP contribution in [-0.2, 0) is 22.0 Å². The van der Waals surface area contributed by atoms with Crippen molar-refractivity contribution in [3.63, 3.8) is 0 Å². The van der Waals surface area contributed by atoms with Crippen LogP contribution in [0.5, 0.6) is 0 Å².